The molecule has 0 bridgehead atoms. The third-order valence-corrected chi connectivity index (χ3v) is 4.08. The Morgan fingerprint density at radius 3 is 2.40 bits per heavy atom. The second-order valence-corrected chi connectivity index (χ2v) is 5.70. The van der Waals surface area contributed by atoms with Gasteiger partial charge in [0.1, 0.15) is 11.6 Å². The Morgan fingerprint density at radius 1 is 1.00 bits per heavy atom. The maximum atomic E-state index is 11.4. The van der Waals surface area contributed by atoms with E-state index in [1.54, 1.807) is 18.5 Å². The lowest BCUT2D eigenvalue weighted by molar-refractivity contribution is -0.137. The van der Waals surface area contributed by atoms with Crippen molar-refractivity contribution in [2.24, 2.45) is 5.73 Å². The van der Waals surface area contributed by atoms with Crippen molar-refractivity contribution in [3.05, 3.63) is 48.3 Å². The monoisotopic (exact) mass is 340 g/mol. The van der Waals surface area contributed by atoms with Crippen molar-refractivity contribution < 1.29 is 9.59 Å². The Morgan fingerprint density at radius 2 is 1.72 bits per heavy atom. The molecule has 1 saturated heterocycles. The molecule has 0 saturated carbocycles. The number of hydrogen-bond acceptors (Lipinski definition) is 6. The van der Waals surface area contributed by atoms with E-state index in [9.17, 15) is 9.59 Å². The first-order chi connectivity index (χ1) is 12.1. The first-order valence-corrected chi connectivity index (χ1v) is 8.07. The van der Waals surface area contributed by atoms with E-state index in [0.717, 1.165) is 43.4 Å². The van der Waals surface area contributed by atoms with Crippen molar-refractivity contribution >= 4 is 23.5 Å². The largest absolute Gasteiger partial charge is 0.361 e. The Hall–Kier alpha value is -3.16. The van der Waals surface area contributed by atoms with Crippen LogP contribution in [-0.4, -0.2) is 48.0 Å². The van der Waals surface area contributed by atoms with E-state index in [1.165, 1.54) is 0 Å². The van der Waals surface area contributed by atoms with E-state index < -0.39 is 11.8 Å². The number of anilines is 2. The predicted octanol–water partition coefficient (Wildman–Crippen LogP) is -0.0953. The molecule has 8 nitrogen and oxygen atoms in total. The van der Waals surface area contributed by atoms with Crippen LogP contribution in [0.1, 0.15) is 5.56 Å². The van der Waals surface area contributed by atoms with Crippen LogP contribution >= 0.6 is 0 Å². The lowest BCUT2D eigenvalue weighted by Crippen LogP contribution is -2.47. The second kappa shape index (κ2) is 7.61. The molecule has 25 heavy (non-hydrogen) atoms. The first-order valence-electron chi connectivity index (χ1n) is 8.07. The number of carbonyl (C=O) groups excluding carboxylic acids is 2. The molecule has 0 atom stereocenters. The van der Waals surface area contributed by atoms with Crippen molar-refractivity contribution in [2.45, 2.75) is 6.54 Å². The minimum absolute atomic E-state index is 0.214. The van der Waals surface area contributed by atoms with Gasteiger partial charge in [-0.15, -0.1) is 0 Å². The maximum absolute atomic E-state index is 11.4. The number of pyridine rings is 2. The smallest absolute Gasteiger partial charge is 0.309 e. The van der Waals surface area contributed by atoms with Gasteiger partial charge in [-0.2, -0.15) is 0 Å². The number of nitrogens with two attached hydrogens (primary N) is 1. The highest BCUT2D eigenvalue weighted by Crippen LogP contribution is 2.20. The van der Waals surface area contributed by atoms with Gasteiger partial charge in [-0.05, 0) is 18.2 Å². The number of rotatable bonds is 4. The molecular formula is C17H20N6O2. The number of hydrogen-bond donors (Lipinski definition) is 2. The molecule has 3 N–H and O–H groups in total. The van der Waals surface area contributed by atoms with Gasteiger partial charge in [-0.3, -0.25) is 9.59 Å². The maximum Gasteiger partial charge on any atom is 0.309 e. The highest BCUT2D eigenvalue weighted by atomic mass is 16.2. The highest BCUT2D eigenvalue weighted by Gasteiger charge is 2.21. The van der Waals surface area contributed by atoms with Crippen LogP contribution in [0.3, 0.4) is 0 Å². The predicted molar refractivity (Wildman–Crippen MR) is 93.9 cm³/mol. The molecule has 1 aliphatic heterocycles. The fourth-order valence-electron chi connectivity index (χ4n) is 2.80. The number of amides is 2. The standard InChI is InChI=1S/C17H20N6O2/c18-15(24)17(25)21-12-13-4-3-7-20-16(13)23-10-8-22(9-11-23)14-5-1-2-6-19-14/h1-7H,8-12H2,(H2,18,24)(H,21,25). The van der Waals surface area contributed by atoms with Crippen LogP contribution in [0.4, 0.5) is 11.6 Å². The Kier molecular flexibility index (Phi) is 5.08. The van der Waals surface area contributed by atoms with Crippen LogP contribution in [0.25, 0.3) is 0 Å². The summed E-state index contributed by atoms with van der Waals surface area (Å²) in [6.07, 6.45) is 3.51. The van der Waals surface area contributed by atoms with E-state index >= 15 is 0 Å². The van der Waals surface area contributed by atoms with Crippen molar-refractivity contribution in [1.29, 1.82) is 0 Å². The van der Waals surface area contributed by atoms with E-state index in [-0.39, 0.29) is 6.54 Å². The zero-order valence-corrected chi connectivity index (χ0v) is 13.8. The normalized spacial score (nSPS) is 14.2. The van der Waals surface area contributed by atoms with Gasteiger partial charge >= 0.3 is 11.8 Å². The lowest BCUT2D eigenvalue weighted by atomic mass is 10.2. The molecule has 2 aromatic heterocycles. The number of piperazine rings is 1. The van der Waals surface area contributed by atoms with E-state index in [4.69, 9.17) is 5.73 Å². The van der Waals surface area contributed by atoms with Crippen LogP contribution in [0.2, 0.25) is 0 Å². The van der Waals surface area contributed by atoms with Gasteiger partial charge in [0.2, 0.25) is 0 Å². The summed E-state index contributed by atoms with van der Waals surface area (Å²) in [5.41, 5.74) is 5.81. The number of nitrogens with zero attached hydrogens (tertiary/aromatic N) is 4. The molecule has 3 rings (SSSR count). The van der Waals surface area contributed by atoms with Crippen LogP contribution in [0, 0.1) is 0 Å². The van der Waals surface area contributed by atoms with Gasteiger partial charge in [-0.1, -0.05) is 12.1 Å². The molecule has 8 heteroatoms. The molecule has 3 heterocycles. The summed E-state index contributed by atoms with van der Waals surface area (Å²) >= 11 is 0. The van der Waals surface area contributed by atoms with Gasteiger partial charge in [-0.25, -0.2) is 9.97 Å². The molecule has 1 aliphatic rings. The molecule has 0 aliphatic carbocycles. The summed E-state index contributed by atoms with van der Waals surface area (Å²) < 4.78 is 0. The van der Waals surface area contributed by atoms with Crippen molar-refractivity contribution in [3.8, 4) is 0 Å². The van der Waals surface area contributed by atoms with Crippen LogP contribution in [-0.2, 0) is 16.1 Å². The third-order valence-electron chi connectivity index (χ3n) is 4.08. The zero-order chi connectivity index (χ0) is 17.6. The molecule has 0 aromatic carbocycles. The average molecular weight is 340 g/mol. The molecule has 1 fully saturated rings. The first kappa shape index (κ1) is 16.7. The summed E-state index contributed by atoms with van der Waals surface area (Å²) in [7, 11) is 0. The third kappa shape index (κ3) is 4.03. The van der Waals surface area contributed by atoms with Gasteiger partial charge in [0.05, 0.1) is 0 Å². The second-order valence-electron chi connectivity index (χ2n) is 5.70. The SMILES string of the molecule is NC(=O)C(=O)NCc1cccnc1N1CCN(c2ccccn2)CC1. The minimum Gasteiger partial charge on any atom is -0.361 e. The molecule has 0 spiro atoms. The summed E-state index contributed by atoms with van der Waals surface area (Å²) in [5, 5.41) is 2.51. The van der Waals surface area contributed by atoms with Gasteiger partial charge in [0.25, 0.3) is 0 Å². The minimum atomic E-state index is -0.991. The Bertz CT molecular complexity index is 744. The fraction of sp³-hybridized carbons (Fsp3) is 0.294. The average Bonchev–Trinajstić information content (AvgIpc) is 2.67. The quantitative estimate of drug-likeness (QED) is 0.754. The lowest BCUT2D eigenvalue weighted by Gasteiger charge is -2.36. The molecule has 2 aromatic rings. The van der Waals surface area contributed by atoms with Crippen LogP contribution in [0.5, 0.6) is 0 Å². The van der Waals surface area contributed by atoms with Gasteiger partial charge in [0, 0.05) is 50.7 Å². The van der Waals surface area contributed by atoms with E-state index in [2.05, 4.69) is 25.1 Å². The summed E-state index contributed by atoms with van der Waals surface area (Å²) in [6.45, 7) is 3.47. The summed E-state index contributed by atoms with van der Waals surface area (Å²) in [4.78, 5) is 35.5. The molecular weight excluding hydrogens is 320 g/mol. The van der Waals surface area contributed by atoms with Crippen LogP contribution < -0.4 is 20.9 Å². The number of carbonyl (C=O) groups is 2. The zero-order valence-electron chi connectivity index (χ0n) is 13.8. The molecule has 0 unspecified atom stereocenters. The number of primary amides is 1. The highest BCUT2D eigenvalue weighted by molar-refractivity contribution is 6.34. The summed E-state index contributed by atoms with van der Waals surface area (Å²) in [5.74, 6) is -0.00533. The van der Waals surface area contributed by atoms with Crippen LogP contribution in [0.15, 0.2) is 42.7 Å². The van der Waals surface area contributed by atoms with Gasteiger partial charge in [0.15, 0.2) is 0 Å². The topological polar surface area (TPSA) is 104 Å². The Labute approximate surface area is 145 Å². The van der Waals surface area contributed by atoms with Crippen molar-refractivity contribution in [2.75, 3.05) is 36.0 Å². The van der Waals surface area contributed by atoms with E-state index in [0.29, 0.717) is 0 Å². The number of aromatic nitrogens is 2. The van der Waals surface area contributed by atoms with Gasteiger partial charge < -0.3 is 20.9 Å². The van der Waals surface area contributed by atoms with Crippen molar-refractivity contribution in [1.82, 2.24) is 15.3 Å². The fourth-order valence-corrected chi connectivity index (χ4v) is 2.80. The van der Waals surface area contributed by atoms with E-state index in [1.807, 2.05) is 24.3 Å². The molecule has 2 amide bonds. The molecule has 0 radical (unpaired) electrons. The van der Waals surface area contributed by atoms with Crippen molar-refractivity contribution in [3.63, 3.8) is 0 Å². The number of nitrogens with one attached hydrogen (secondary N) is 1. The summed E-state index contributed by atoms with van der Waals surface area (Å²) in [6, 6.07) is 9.57. The molecule has 130 valence electrons. The Balaban J connectivity index is 1.65.